The predicted octanol–water partition coefficient (Wildman–Crippen LogP) is 3.69. The second-order valence-corrected chi connectivity index (χ2v) is 9.55. The first-order valence-electron chi connectivity index (χ1n) is 10.9. The Hall–Kier alpha value is -2.93. The van der Waals surface area contributed by atoms with Gasteiger partial charge in [-0.05, 0) is 75.8 Å². The lowest BCUT2D eigenvalue weighted by molar-refractivity contribution is 0.0784. The fourth-order valence-corrected chi connectivity index (χ4v) is 5.41. The van der Waals surface area contributed by atoms with Gasteiger partial charge in [0, 0.05) is 47.7 Å². The van der Waals surface area contributed by atoms with E-state index in [-0.39, 0.29) is 16.8 Å². The summed E-state index contributed by atoms with van der Waals surface area (Å²) in [7, 11) is 2.10. The molecule has 3 atom stereocenters. The standard InChI is InChI=1S/C24H32N6O/c1-23-9-4-10-24(2,29-23)13-18(12-23)30(3)22-8-7-20(27-28-22)19-6-5-16(11-21(19)31)17(14-25)15-26/h5-8,11,14-15,18,25,29,31H,4,9-10,12-13,26H2,1-3H3/b17-15+,25-14?/t18-,23-,24+. The summed E-state index contributed by atoms with van der Waals surface area (Å²) in [4.78, 5) is 2.25. The number of allylic oxidation sites excluding steroid dienone is 1. The highest BCUT2D eigenvalue weighted by atomic mass is 16.3. The van der Waals surface area contributed by atoms with Crippen LogP contribution in [0, 0.1) is 5.41 Å². The molecule has 2 aliphatic rings. The maximum atomic E-state index is 10.5. The van der Waals surface area contributed by atoms with E-state index in [0.717, 1.165) is 24.9 Å². The highest BCUT2D eigenvalue weighted by molar-refractivity contribution is 6.08. The molecular weight excluding hydrogens is 388 g/mol. The summed E-state index contributed by atoms with van der Waals surface area (Å²) >= 11 is 0. The number of phenols is 1. The third-order valence-corrected chi connectivity index (χ3v) is 6.93. The lowest BCUT2D eigenvalue weighted by Crippen LogP contribution is -2.66. The van der Waals surface area contributed by atoms with Crippen molar-refractivity contribution in [3.63, 3.8) is 0 Å². The molecule has 0 unspecified atom stereocenters. The van der Waals surface area contributed by atoms with Gasteiger partial charge in [0.25, 0.3) is 0 Å². The monoisotopic (exact) mass is 420 g/mol. The van der Waals surface area contributed by atoms with Crippen LogP contribution in [0.15, 0.2) is 36.5 Å². The smallest absolute Gasteiger partial charge is 0.151 e. The van der Waals surface area contributed by atoms with Crippen LogP contribution < -0.4 is 16.0 Å². The number of nitrogens with zero attached hydrogens (tertiary/aromatic N) is 3. The number of phenolic OH excluding ortho intramolecular Hbond substituents is 1. The SMILES string of the molecule is CN(c1ccc(-c2ccc(/C(C=N)=C/N)cc2O)nn1)[C@H]1C[C@]2(C)CCC[C@](C)(C1)N2. The molecule has 1 aromatic heterocycles. The highest BCUT2D eigenvalue weighted by Crippen LogP contribution is 2.42. The zero-order chi connectivity index (χ0) is 22.2. The van der Waals surface area contributed by atoms with Crippen LogP contribution in [-0.4, -0.2) is 45.7 Å². The van der Waals surface area contributed by atoms with E-state index in [2.05, 4.69) is 41.3 Å². The van der Waals surface area contributed by atoms with Crippen molar-refractivity contribution in [3.05, 3.63) is 42.1 Å². The number of benzene rings is 1. The maximum absolute atomic E-state index is 10.5. The minimum absolute atomic E-state index is 0.0844. The van der Waals surface area contributed by atoms with E-state index in [1.807, 2.05) is 18.2 Å². The molecular formula is C24H32N6O. The predicted molar refractivity (Wildman–Crippen MR) is 125 cm³/mol. The van der Waals surface area contributed by atoms with E-state index >= 15 is 0 Å². The van der Waals surface area contributed by atoms with Crippen LogP contribution in [-0.2, 0) is 0 Å². The molecule has 0 aliphatic carbocycles. The van der Waals surface area contributed by atoms with Gasteiger partial charge in [0.15, 0.2) is 5.82 Å². The number of nitrogens with one attached hydrogen (secondary N) is 2. The normalized spacial score (nSPS) is 28.2. The van der Waals surface area contributed by atoms with Gasteiger partial charge >= 0.3 is 0 Å². The van der Waals surface area contributed by atoms with Crippen molar-refractivity contribution < 1.29 is 5.11 Å². The van der Waals surface area contributed by atoms with Gasteiger partial charge in [-0.1, -0.05) is 6.07 Å². The molecule has 2 fully saturated rings. The number of piperidine rings is 2. The Morgan fingerprint density at radius 2 is 1.90 bits per heavy atom. The summed E-state index contributed by atoms with van der Waals surface area (Å²) in [6.45, 7) is 4.69. The number of hydrogen-bond donors (Lipinski definition) is 4. The van der Waals surface area contributed by atoms with E-state index in [4.69, 9.17) is 11.1 Å². The lowest BCUT2D eigenvalue weighted by Gasteiger charge is -2.55. The number of nitrogens with two attached hydrogens (primary N) is 1. The number of anilines is 1. The number of hydrogen-bond acceptors (Lipinski definition) is 7. The Balaban J connectivity index is 1.54. The molecule has 0 spiro atoms. The minimum atomic E-state index is 0.0844. The molecule has 2 bridgehead atoms. The molecule has 4 rings (SSSR count). The van der Waals surface area contributed by atoms with Crippen molar-refractivity contribution in [1.82, 2.24) is 15.5 Å². The molecule has 0 saturated carbocycles. The second-order valence-electron chi connectivity index (χ2n) is 9.55. The van der Waals surface area contributed by atoms with Crippen LogP contribution in [0.3, 0.4) is 0 Å². The van der Waals surface area contributed by atoms with E-state index in [1.165, 1.54) is 25.5 Å². The summed E-state index contributed by atoms with van der Waals surface area (Å²) in [6.07, 6.45) is 8.41. The van der Waals surface area contributed by atoms with Gasteiger partial charge in [-0.3, -0.25) is 0 Å². The molecule has 164 valence electrons. The summed E-state index contributed by atoms with van der Waals surface area (Å²) in [5.74, 6) is 0.926. The van der Waals surface area contributed by atoms with Crippen molar-refractivity contribution in [3.8, 4) is 17.0 Å². The van der Waals surface area contributed by atoms with E-state index in [1.54, 1.807) is 12.1 Å². The van der Waals surface area contributed by atoms with Crippen molar-refractivity contribution in [1.29, 1.82) is 5.41 Å². The van der Waals surface area contributed by atoms with Crippen LogP contribution in [0.4, 0.5) is 5.82 Å². The number of rotatable bonds is 5. The third-order valence-electron chi connectivity index (χ3n) is 6.93. The third kappa shape index (κ3) is 4.14. The molecule has 0 amide bonds. The first-order valence-corrected chi connectivity index (χ1v) is 10.9. The summed E-state index contributed by atoms with van der Waals surface area (Å²) in [6, 6.07) is 9.47. The summed E-state index contributed by atoms with van der Waals surface area (Å²) < 4.78 is 0. The Bertz CT molecular complexity index is 986. The fraction of sp³-hybridized carbons (Fsp3) is 0.458. The van der Waals surface area contributed by atoms with Crippen LogP contribution in [0.2, 0.25) is 0 Å². The number of aromatic nitrogens is 2. The Labute approximate surface area is 183 Å². The molecule has 7 nitrogen and oxygen atoms in total. The van der Waals surface area contributed by atoms with Gasteiger partial charge in [-0.25, -0.2) is 0 Å². The van der Waals surface area contributed by atoms with E-state index in [0.29, 0.717) is 28.4 Å². The topological polar surface area (TPSA) is 111 Å². The molecule has 2 saturated heterocycles. The van der Waals surface area contributed by atoms with Gasteiger partial charge < -0.3 is 26.5 Å². The Morgan fingerprint density at radius 1 is 1.19 bits per heavy atom. The van der Waals surface area contributed by atoms with E-state index in [9.17, 15) is 5.11 Å². The van der Waals surface area contributed by atoms with E-state index < -0.39 is 0 Å². The largest absolute Gasteiger partial charge is 0.507 e. The van der Waals surface area contributed by atoms with Crippen molar-refractivity contribution in [2.45, 2.75) is 63.1 Å². The fourth-order valence-electron chi connectivity index (χ4n) is 5.41. The van der Waals surface area contributed by atoms with Crippen LogP contribution in [0.1, 0.15) is 51.5 Å². The summed E-state index contributed by atoms with van der Waals surface area (Å²) in [5, 5.41) is 30.7. The average Bonchev–Trinajstić information content (AvgIpc) is 2.73. The first kappa shape index (κ1) is 21.3. The molecule has 2 aliphatic heterocycles. The number of fused-ring (bicyclic) bond motifs is 2. The molecule has 2 aromatic rings. The zero-order valence-electron chi connectivity index (χ0n) is 18.5. The van der Waals surface area contributed by atoms with Crippen LogP contribution in [0.25, 0.3) is 16.8 Å². The van der Waals surface area contributed by atoms with Gasteiger partial charge in [0.2, 0.25) is 0 Å². The molecule has 0 radical (unpaired) electrons. The molecule has 3 heterocycles. The first-order chi connectivity index (χ1) is 14.8. The van der Waals surface area contributed by atoms with Crippen molar-refractivity contribution in [2.24, 2.45) is 5.73 Å². The van der Waals surface area contributed by atoms with Gasteiger partial charge in [0.1, 0.15) is 5.75 Å². The Morgan fingerprint density at radius 3 is 2.45 bits per heavy atom. The quantitative estimate of drug-likeness (QED) is 0.549. The minimum Gasteiger partial charge on any atom is -0.507 e. The lowest BCUT2D eigenvalue weighted by atomic mass is 9.69. The molecule has 31 heavy (non-hydrogen) atoms. The van der Waals surface area contributed by atoms with Gasteiger partial charge in [-0.2, -0.15) is 0 Å². The molecule has 5 N–H and O–H groups in total. The van der Waals surface area contributed by atoms with Crippen LogP contribution in [0.5, 0.6) is 5.75 Å². The van der Waals surface area contributed by atoms with Crippen molar-refractivity contribution in [2.75, 3.05) is 11.9 Å². The van der Waals surface area contributed by atoms with Crippen molar-refractivity contribution >= 4 is 17.6 Å². The number of aromatic hydroxyl groups is 1. The molecule has 7 heteroatoms. The zero-order valence-corrected chi connectivity index (χ0v) is 18.5. The maximum Gasteiger partial charge on any atom is 0.151 e. The van der Waals surface area contributed by atoms with Gasteiger partial charge in [0.05, 0.1) is 5.69 Å². The highest BCUT2D eigenvalue weighted by Gasteiger charge is 2.46. The Kier molecular flexibility index (Phi) is 5.47. The average molecular weight is 421 g/mol. The van der Waals surface area contributed by atoms with Crippen LogP contribution >= 0.6 is 0 Å². The molecule has 1 aromatic carbocycles. The summed E-state index contributed by atoms with van der Waals surface area (Å²) in [5.41, 5.74) is 8.33. The second kappa shape index (κ2) is 7.96. The van der Waals surface area contributed by atoms with Gasteiger partial charge in [-0.15, -0.1) is 10.2 Å².